The van der Waals surface area contributed by atoms with Gasteiger partial charge in [-0.15, -0.1) is 0 Å². The predicted octanol–water partition coefficient (Wildman–Crippen LogP) is 2.47. The first-order valence-electron chi connectivity index (χ1n) is 5.72. The lowest BCUT2D eigenvalue weighted by molar-refractivity contribution is -0.149. The monoisotopic (exact) mass is 230 g/mol. The molecule has 4 heteroatoms. The van der Waals surface area contributed by atoms with Crippen LogP contribution in [-0.2, 0) is 14.3 Å². The van der Waals surface area contributed by atoms with Gasteiger partial charge >= 0.3 is 11.9 Å². The Labute approximate surface area is 97.0 Å². The van der Waals surface area contributed by atoms with Crippen LogP contribution in [0.5, 0.6) is 0 Å². The van der Waals surface area contributed by atoms with Gasteiger partial charge in [-0.3, -0.25) is 9.59 Å². The van der Waals surface area contributed by atoms with E-state index in [9.17, 15) is 9.59 Å². The summed E-state index contributed by atoms with van der Waals surface area (Å²) in [6.45, 7) is 7.60. The van der Waals surface area contributed by atoms with Crippen LogP contribution in [0.1, 0.15) is 47.0 Å². The van der Waals surface area contributed by atoms with E-state index in [-0.39, 0.29) is 30.8 Å². The highest BCUT2D eigenvalue weighted by Crippen LogP contribution is 2.20. The van der Waals surface area contributed by atoms with Gasteiger partial charge in [0, 0.05) is 12.8 Å². The van der Waals surface area contributed by atoms with Crippen molar-refractivity contribution in [3.05, 3.63) is 0 Å². The van der Waals surface area contributed by atoms with Crippen LogP contribution < -0.4 is 0 Å². The summed E-state index contributed by atoms with van der Waals surface area (Å²) in [5.74, 6) is -0.898. The number of hydrogen-bond acceptors (Lipinski definition) is 3. The van der Waals surface area contributed by atoms with Gasteiger partial charge in [-0.25, -0.2) is 0 Å². The van der Waals surface area contributed by atoms with Crippen molar-refractivity contribution < 1.29 is 19.4 Å². The number of esters is 1. The molecule has 0 aromatic carbocycles. The van der Waals surface area contributed by atoms with Crippen LogP contribution >= 0.6 is 0 Å². The number of rotatable bonds is 7. The molecule has 0 rings (SSSR count). The molecular weight excluding hydrogens is 208 g/mol. The van der Waals surface area contributed by atoms with Gasteiger partial charge in [0.15, 0.2) is 0 Å². The summed E-state index contributed by atoms with van der Waals surface area (Å²) >= 11 is 0. The van der Waals surface area contributed by atoms with Crippen molar-refractivity contribution in [2.24, 2.45) is 11.8 Å². The molecule has 0 unspecified atom stereocenters. The molecule has 0 aliphatic carbocycles. The van der Waals surface area contributed by atoms with Crippen molar-refractivity contribution in [1.82, 2.24) is 0 Å². The third kappa shape index (κ3) is 8.26. The smallest absolute Gasteiger partial charge is 0.306 e. The fourth-order valence-electron chi connectivity index (χ4n) is 1.70. The van der Waals surface area contributed by atoms with Crippen LogP contribution in [0.4, 0.5) is 0 Å². The lowest BCUT2D eigenvalue weighted by atomic mass is 9.91. The molecule has 0 spiro atoms. The molecule has 1 atom stereocenters. The van der Waals surface area contributed by atoms with E-state index >= 15 is 0 Å². The van der Waals surface area contributed by atoms with E-state index in [1.54, 1.807) is 13.8 Å². The Kier molecular flexibility index (Phi) is 6.77. The van der Waals surface area contributed by atoms with Crippen molar-refractivity contribution in [3.63, 3.8) is 0 Å². The van der Waals surface area contributed by atoms with Gasteiger partial charge in [-0.2, -0.15) is 0 Å². The van der Waals surface area contributed by atoms with Crippen LogP contribution in [0.3, 0.4) is 0 Å². The van der Waals surface area contributed by atoms with E-state index in [0.29, 0.717) is 5.92 Å². The van der Waals surface area contributed by atoms with E-state index < -0.39 is 5.97 Å². The maximum Gasteiger partial charge on any atom is 0.306 e. The predicted molar refractivity (Wildman–Crippen MR) is 61.0 cm³/mol. The third-order valence-electron chi connectivity index (χ3n) is 2.09. The molecule has 0 fully saturated rings. The van der Waals surface area contributed by atoms with E-state index in [0.717, 1.165) is 6.42 Å². The first-order valence-corrected chi connectivity index (χ1v) is 5.72. The summed E-state index contributed by atoms with van der Waals surface area (Å²) in [6, 6.07) is 0. The molecule has 0 bridgehead atoms. The normalized spacial score (nSPS) is 12.9. The molecule has 16 heavy (non-hydrogen) atoms. The van der Waals surface area contributed by atoms with E-state index in [1.165, 1.54) is 0 Å². The molecule has 0 aliphatic heterocycles. The summed E-state index contributed by atoms with van der Waals surface area (Å²) in [4.78, 5) is 22.1. The standard InChI is InChI=1S/C12H22O4/c1-8(2)5-10(6-11(13)14)7-12(15)16-9(3)4/h8-10H,5-7H2,1-4H3,(H,13,14)/t10-/m0/s1. The Bertz CT molecular complexity index is 233. The van der Waals surface area contributed by atoms with E-state index in [4.69, 9.17) is 9.84 Å². The van der Waals surface area contributed by atoms with Gasteiger partial charge in [0.2, 0.25) is 0 Å². The highest BCUT2D eigenvalue weighted by atomic mass is 16.5. The molecule has 1 N–H and O–H groups in total. The number of carbonyl (C=O) groups excluding carboxylic acids is 1. The van der Waals surface area contributed by atoms with Crippen LogP contribution in [0.2, 0.25) is 0 Å². The zero-order chi connectivity index (χ0) is 12.7. The van der Waals surface area contributed by atoms with Crippen molar-refractivity contribution >= 4 is 11.9 Å². The molecule has 0 aromatic heterocycles. The van der Waals surface area contributed by atoms with Gasteiger partial charge in [-0.1, -0.05) is 13.8 Å². The largest absolute Gasteiger partial charge is 0.481 e. The highest BCUT2D eigenvalue weighted by molar-refractivity contribution is 5.72. The van der Waals surface area contributed by atoms with E-state index in [1.807, 2.05) is 13.8 Å². The lowest BCUT2D eigenvalue weighted by Crippen LogP contribution is -2.19. The molecule has 0 saturated carbocycles. The first-order chi connectivity index (χ1) is 7.31. The number of aliphatic carboxylic acids is 1. The average Bonchev–Trinajstić information content (AvgIpc) is 1.97. The number of carboxylic acid groups (broad SMARTS) is 1. The summed E-state index contributed by atoms with van der Waals surface area (Å²) in [5.41, 5.74) is 0. The molecule has 94 valence electrons. The number of hydrogen-bond donors (Lipinski definition) is 1. The average molecular weight is 230 g/mol. The van der Waals surface area contributed by atoms with Crippen molar-refractivity contribution in [2.75, 3.05) is 0 Å². The van der Waals surface area contributed by atoms with Crippen molar-refractivity contribution in [3.8, 4) is 0 Å². The Morgan fingerprint density at radius 1 is 1.12 bits per heavy atom. The molecule has 0 aliphatic rings. The first kappa shape index (κ1) is 14.9. The second-order valence-electron chi connectivity index (χ2n) is 4.84. The van der Waals surface area contributed by atoms with Gasteiger partial charge in [0.1, 0.15) is 0 Å². The quantitative estimate of drug-likeness (QED) is 0.682. The van der Waals surface area contributed by atoms with Crippen LogP contribution in [0.15, 0.2) is 0 Å². The van der Waals surface area contributed by atoms with Crippen molar-refractivity contribution in [2.45, 2.75) is 53.1 Å². The highest BCUT2D eigenvalue weighted by Gasteiger charge is 2.19. The second kappa shape index (κ2) is 7.25. The SMILES string of the molecule is CC(C)C[C@@H](CC(=O)O)CC(=O)OC(C)C. The molecule has 0 amide bonds. The number of carboxylic acids is 1. The Hall–Kier alpha value is -1.06. The van der Waals surface area contributed by atoms with Gasteiger partial charge in [-0.05, 0) is 32.1 Å². The van der Waals surface area contributed by atoms with Gasteiger partial charge in [0.25, 0.3) is 0 Å². The van der Waals surface area contributed by atoms with Crippen molar-refractivity contribution in [1.29, 1.82) is 0 Å². The third-order valence-corrected chi connectivity index (χ3v) is 2.09. The topological polar surface area (TPSA) is 63.6 Å². The molecule has 4 nitrogen and oxygen atoms in total. The fraction of sp³-hybridized carbons (Fsp3) is 0.833. The summed E-state index contributed by atoms with van der Waals surface area (Å²) < 4.78 is 5.01. The minimum Gasteiger partial charge on any atom is -0.481 e. The number of carbonyl (C=O) groups is 2. The zero-order valence-corrected chi connectivity index (χ0v) is 10.5. The summed E-state index contributed by atoms with van der Waals surface area (Å²) in [7, 11) is 0. The Morgan fingerprint density at radius 2 is 1.69 bits per heavy atom. The summed E-state index contributed by atoms with van der Waals surface area (Å²) in [6.07, 6.45) is 0.824. The molecule has 0 saturated heterocycles. The van der Waals surface area contributed by atoms with Gasteiger partial charge < -0.3 is 9.84 Å². The molecule has 0 radical (unpaired) electrons. The minimum absolute atomic E-state index is 0.0331. The minimum atomic E-state index is -0.858. The van der Waals surface area contributed by atoms with E-state index in [2.05, 4.69) is 0 Å². The Balaban J connectivity index is 4.19. The molecular formula is C12H22O4. The maximum absolute atomic E-state index is 11.4. The number of ether oxygens (including phenoxy) is 1. The second-order valence-corrected chi connectivity index (χ2v) is 4.84. The van der Waals surface area contributed by atoms with Crippen LogP contribution in [0.25, 0.3) is 0 Å². The van der Waals surface area contributed by atoms with Crippen LogP contribution in [-0.4, -0.2) is 23.1 Å². The molecule has 0 heterocycles. The molecule has 0 aromatic rings. The van der Waals surface area contributed by atoms with Gasteiger partial charge in [0.05, 0.1) is 6.10 Å². The maximum atomic E-state index is 11.4. The fourth-order valence-corrected chi connectivity index (χ4v) is 1.70. The Morgan fingerprint density at radius 3 is 2.06 bits per heavy atom. The van der Waals surface area contributed by atoms with Crippen LogP contribution in [0, 0.1) is 11.8 Å². The summed E-state index contributed by atoms with van der Waals surface area (Å²) in [5, 5.41) is 8.74. The lowest BCUT2D eigenvalue weighted by Gasteiger charge is -2.17. The zero-order valence-electron chi connectivity index (χ0n) is 10.5.